The summed E-state index contributed by atoms with van der Waals surface area (Å²) in [7, 11) is 0. The van der Waals surface area contributed by atoms with Crippen LogP contribution in [0.2, 0.25) is 0 Å². The average Bonchev–Trinajstić information content (AvgIpc) is 3.12. The van der Waals surface area contributed by atoms with Crippen LogP contribution < -0.4 is 5.32 Å². The van der Waals surface area contributed by atoms with Crippen molar-refractivity contribution < 1.29 is 18.7 Å². The number of benzene rings is 2. The lowest BCUT2D eigenvalue weighted by Crippen LogP contribution is -2.30. The van der Waals surface area contributed by atoms with Crippen molar-refractivity contribution in [2.45, 2.75) is 26.4 Å². The van der Waals surface area contributed by atoms with Gasteiger partial charge >= 0.3 is 5.97 Å². The Labute approximate surface area is 166 Å². The molecule has 144 valence electrons. The first-order chi connectivity index (χ1) is 13.4. The highest BCUT2D eigenvalue weighted by molar-refractivity contribution is 7.13. The number of carbonyl (C=O) groups is 2. The summed E-state index contributed by atoms with van der Waals surface area (Å²) in [6.45, 7) is 3.49. The van der Waals surface area contributed by atoms with E-state index in [9.17, 15) is 14.0 Å². The topological polar surface area (TPSA) is 68.3 Å². The number of thiazole rings is 1. The minimum absolute atomic E-state index is 0.0174. The first-order valence-electron chi connectivity index (χ1n) is 8.68. The van der Waals surface area contributed by atoms with Gasteiger partial charge in [0.1, 0.15) is 10.8 Å². The second-order valence-electron chi connectivity index (χ2n) is 6.32. The Balaban J connectivity index is 1.55. The zero-order chi connectivity index (χ0) is 20.1. The van der Waals surface area contributed by atoms with E-state index >= 15 is 0 Å². The quantitative estimate of drug-likeness (QED) is 0.626. The summed E-state index contributed by atoms with van der Waals surface area (Å²) in [5, 5.41) is 5.21. The molecule has 3 aromatic rings. The molecule has 0 spiro atoms. The fourth-order valence-electron chi connectivity index (χ4n) is 2.52. The fourth-order valence-corrected chi connectivity index (χ4v) is 3.33. The van der Waals surface area contributed by atoms with Crippen LogP contribution in [0.1, 0.15) is 18.2 Å². The zero-order valence-corrected chi connectivity index (χ0v) is 16.3. The van der Waals surface area contributed by atoms with E-state index in [0.717, 1.165) is 16.1 Å². The van der Waals surface area contributed by atoms with Gasteiger partial charge in [-0.05, 0) is 44.2 Å². The molecule has 28 heavy (non-hydrogen) atoms. The summed E-state index contributed by atoms with van der Waals surface area (Å²) in [5.41, 5.74) is 3.15. The van der Waals surface area contributed by atoms with Gasteiger partial charge in [-0.1, -0.05) is 23.8 Å². The summed E-state index contributed by atoms with van der Waals surface area (Å²) < 4.78 is 18.1. The van der Waals surface area contributed by atoms with Crippen LogP contribution in [0.5, 0.6) is 0 Å². The van der Waals surface area contributed by atoms with Gasteiger partial charge in [-0.15, -0.1) is 11.3 Å². The molecule has 1 heterocycles. The van der Waals surface area contributed by atoms with E-state index in [1.807, 2.05) is 36.6 Å². The smallest absolute Gasteiger partial charge is 0.312 e. The molecule has 2 aromatic carbocycles. The predicted octanol–water partition coefficient (Wildman–Crippen LogP) is 4.37. The van der Waals surface area contributed by atoms with Crippen LogP contribution in [0.15, 0.2) is 53.9 Å². The molecule has 0 aliphatic carbocycles. The van der Waals surface area contributed by atoms with Crippen molar-refractivity contribution in [1.29, 1.82) is 0 Å². The Morgan fingerprint density at radius 3 is 2.68 bits per heavy atom. The third-order valence-electron chi connectivity index (χ3n) is 3.93. The molecule has 0 saturated carbocycles. The molecule has 1 atom stereocenters. The number of anilines is 1. The molecule has 7 heteroatoms. The lowest BCUT2D eigenvalue weighted by molar-refractivity contribution is -0.152. The van der Waals surface area contributed by atoms with Crippen LogP contribution >= 0.6 is 11.3 Å². The molecule has 3 rings (SSSR count). The minimum Gasteiger partial charge on any atom is -0.452 e. The number of aryl methyl sites for hydroxylation is 1. The zero-order valence-electron chi connectivity index (χ0n) is 15.4. The van der Waals surface area contributed by atoms with E-state index in [-0.39, 0.29) is 6.42 Å². The number of halogens is 1. The summed E-state index contributed by atoms with van der Waals surface area (Å²) in [5.74, 6) is -1.42. The first-order valence-corrected chi connectivity index (χ1v) is 9.56. The monoisotopic (exact) mass is 398 g/mol. The number of esters is 1. The molecule has 0 saturated heterocycles. The number of rotatable bonds is 6. The van der Waals surface area contributed by atoms with Gasteiger partial charge in [-0.25, -0.2) is 9.37 Å². The van der Waals surface area contributed by atoms with E-state index in [1.165, 1.54) is 42.5 Å². The van der Waals surface area contributed by atoms with Crippen molar-refractivity contribution in [3.05, 3.63) is 71.0 Å². The summed E-state index contributed by atoms with van der Waals surface area (Å²) in [6, 6.07) is 13.3. The highest BCUT2D eigenvalue weighted by atomic mass is 32.1. The number of hydrogen-bond acceptors (Lipinski definition) is 5. The Hall–Kier alpha value is -3.06. The number of nitrogens with one attached hydrogen (secondary N) is 1. The fraction of sp³-hybridized carbons (Fsp3) is 0.190. The molecule has 1 amide bonds. The molecule has 0 aliphatic rings. The maximum atomic E-state index is 12.9. The molecular formula is C21H19FN2O3S. The summed E-state index contributed by atoms with van der Waals surface area (Å²) in [6.07, 6.45) is -0.997. The van der Waals surface area contributed by atoms with Crippen molar-refractivity contribution in [1.82, 2.24) is 4.98 Å². The van der Waals surface area contributed by atoms with Crippen LogP contribution in [-0.2, 0) is 20.7 Å². The van der Waals surface area contributed by atoms with E-state index < -0.39 is 23.8 Å². The summed E-state index contributed by atoms with van der Waals surface area (Å²) >= 11 is 1.45. The van der Waals surface area contributed by atoms with Crippen molar-refractivity contribution >= 4 is 28.9 Å². The van der Waals surface area contributed by atoms with Crippen molar-refractivity contribution in [2.75, 3.05) is 5.32 Å². The Morgan fingerprint density at radius 1 is 1.21 bits per heavy atom. The van der Waals surface area contributed by atoms with Gasteiger partial charge in [0.2, 0.25) is 0 Å². The Morgan fingerprint density at radius 2 is 1.96 bits per heavy atom. The van der Waals surface area contributed by atoms with Crippen LogP contribution in [0.4, 0.5) is 10.1 Å². The van der Waals surface area contributed by atoms with E-state index in [4.69, 9.17) is 4.74 Å². The highest BCUT2D eigenvalue weighted by Crippen LogP contribution is 2.24. The van der Waals surface area contributed by atoms with Gasteiger partial charge in [-0.3, -0.25) is 9.59 Å². The molecule has 0 radical (unpaired) electrons. The van der Waals surface area contributed by atoms with E-state index in [1.54, 1.807) is 0 Å². The maximum absolute atomic E-state index is 12.9. The van der Waals surface area contributed by atoms with Crippen molar-refractivity contribution in [3.8, 4) is 10.6 Å². The molecule has 0 bridgehead atoms. The van der Waals surface area contributed by atoms with Crippen LogP contribution in [0, 0.1) is 12.7 Å². The van der Waals surface area contributed by atoms with Crippen molar-refractivity contribution in [3.63, 3.8) is 0 Å². The Kier molecular flexibility index (Phi) is 6.16. The van der Waals surface area contributed by atoms with E-state index in [0.29, 0.717) is 11.4 Å². The van der Waals surface area contributed by atoms with Gasteiger partial charge in [0.05, 0.1) is 12.1 Å². The number of ether oxygens (including phenoxy) is 1. The van der Waals surface area contributed by atoms with Gasteiger partial charge in [0.25, 0.3) is 5.91 Å². The molecule has 0 fully saturated rings. The standard InChI is InChI=1S/C21H19FN2O3S/c1-13-4-3-5-15(10-13)21-24-18(12-28-21)11-19(25)27-14(2)20(26)23-17-8-6-16(22)7-9-17/h3-10,12,14H,11H2,1-2H3,(H,23,26)/t14-/m0/s1. The molecular weight excluding hydrogens is 379 g/mol. The van der Waals surface area contributed by atoms with Gasteiger partial charge < -0.3 is 10.1 Å². The average molecular weight is 398 g/mol. The summed E-state index contributed by atoms with van der Waals surface area (Å²) in [4.78, 5) is 28.7. The van der Waals surface area contributed by atoms with Crippen LogP contribution in [-0.4, -0.2) is 23.0 Å². The Bertz CT molecular complexity index is 985. The lowest BCUT2D eigenvalue weighted by Gasteiger charge is -2.13. The SMILES string of the molecule is Cc1cccc(-c2nc(CC(=O)O[C@@H](C)C(=O)Nc3ccc(F)cc3)cs2)c1. The highest BCUT2D eigenvalue weighted by Gasteiger charge is 2.19. The molecule has 1 N–H and O–H groups in total. The second kappa shape index (κ2) is 8.75. The number of carbonyl (C=O) groups excluding carboxylic acids is 2. The van der Waals surface area contributed by atoms with Gasteiger partial charge in [0, 0.05) is 16.6 Å². The molecule has 0 unspecified atom stereocenters. The van der Waals surface area contributed by atoms with Gasteiger partial charge in [0.15, 0.2) is 6.10 Å². The van der Waals surface area contributed by atoms with Crippen molar-refractivity contribution in [2.24, 2.45) is 0 Å². The normalized spacial score (nSPS) is 11.7. The van der Waals surface area contributed by atoms with Crippen LogP contribution in [0.3, 0.4) is 0 Å². The molecule has 1 aromatic heterocycles. The molecule has 0 aliphatic heterocycles. The number of hydrogen-bond donors (Lipinski definition) is 1. The largest absolute Gasteiger partial charge is 0.452 e. The van der Waals surface area contributed by atoms with Crippen LogP contribution in [0.25, 0.3) is 10.6 Å². The predicted molar refractivity (Wildman–Crippen MR) is 107 cm³/mol. The number of amides is 1. The third kappa shape index (κ3) is 5.23. The van der Waals surface area contributed by atoms with E-state index in [2.05, 4.69) is 10.3 Å². The maximum Gasteiger partial charge on any atom is 0.312 e. The first kappa shape index (κ1) is 19.7. The number of nitrogens with zero attached hydrogens (tertiary/aromatic N) is 1. The lowest BCUT2D eigenvalue weighted by atomic mass is 10.1. The number of aromatic nitrogens is 1. The van der Waals surface area contributed by atoms with Gasteiger partial charge in [-0.2, -0.15) is 0 Å². The second-order valence-corrected chi connectivity index (χ2v) is 7.18. The molecule has 5 nitrogen and oxygen atoms in total. The third-order valence-corrected chi connectivity index (χ3v) is 4.87. The minimum atomic E-state index is -0.979.